The fraction of sp³-hybridized carbons (Fsp3) is 0.440. The zero-order chi connectivity index (χ0) is 22.3. The normalized spacial score (nSPS) is 16.2. The Hall–Kier alpha value is -2.64. The number of benzene rings is 1. The average molecular weight is 453 g/mol. The first-order chi connectivity index (χ1) is 15.6. The Bertz CT molecular complexity index is 1020. The van der Waals surface area contributed by atoms with Crippen molar-refractivity contribution in [3.05, 3.63) is 58.4 Å². The van der Waals surface area contributed by atoms with E-state index in [0.717, 1.165) is 48.4 Å². The topological polar surface area (TPSA) is 77.2 Å². The van der Waals surface area contributed by atoms with Crippen LogP contribution < -0.4 is 10.6 Å². The molecule has 1 fully saturated rings. The largest absolute Gasteiger partial charge is 0.361 e. The van der Waals surface area contributed by atoms with Gasteiger partial charge in [-0.15, -0.1) is 11.3 Å². The molecule has 3 aromatic rings. The van der Waals surface area contributed by atoms with Crippen molar-refractivity contribution in [3.8, 4) is 0 Å². The van der Waals surface area contributed by atoms with Gasteiger partial charge in [0.1, 0.15) is 6.04 Å². The van der Waals surface area contributed by atoms with Gasteiger partial charge in [-0.25, -0.2) is 0 Å². The van der Waals surface area contributed by atoms with E-state index in [0.29, 0.717) is 17.8 Å². The number of aromatic amines is 1. The molecule has 0 radical (unpaired) electrons. The molecule has 1 aromatic carbocycles. The number of nitrogens with zero attached hydrogens (tertiary/aromatic N) is 1. The first-order valence-corrected chi connectivity index (χ1v) is 12.4. The molecule has 1 aliphatic rings. The Balaban J connectivity index is 1.36. The predicted molar refractivity (Wildman–Crippen MR) is 130 cm³/mol. The molecular formula is C25H32N4O2S. The van der Waals surface area contributed by atoms with E-state index in [1.54, 1.807) is 6.07 Å². The van der Waals surface area contributed by atoms with Crippen LogP contribution in [0.2, 0.25) is 0 Å². The highest BCUT2D eigenvalue weighted by Crippen LogP contribution is 2.20. The quantitative estimate of drug-likeness (QED) is 0.432. The summed E-state index contributed by atoms with van der Waals surface area (Å²) in [4.78, 5) is 32.1. The first-order valence-electron chi connectivity index (χ1n) is 11.5. The summed E-state index contributed by atoms with van der Waals surface area (Å²) in [7, 11) is 0. The lowest BCUT2D eigenvalue weighted by molar-refractivity contribution is -0.122. The van der Waals surface area contributed by atoms with Crippen molar-refractivity contribution in [2.24, 2.45) is 5.92 Å². The third-order valence-electron chi connectivity index (χ3n) is 6.29. The van der Waals surface area contributed by atoms with Gasteiger partial charge in [-0.3, -0.25) is 9.59 Å². The molecule has 4 rings (SSSR count). The van der Waals surface area contributed by atoms with E-state index in [4.69, 9.17) is 0 Å². The second-order valence-corrected chi connectivity index (χ2v) is 9.68. The second kappa shape index (κ2) is 10.8. The van der Waals surface area contributed by atoms with Crippen LogP contribution in [0, 0.1) is 5.92 Å². The van der Waals surface area contributed by atoms with Crippen LogP contribution in [0.3, 0.4) is 0 Å². The maximum Gasteiger partial charge on any atom is 0.262 e. The lowest BCUT2D eigenvalue weighted by atomic mass is 9.99. The molecule has 3 heterocycles. The summed E-state index contributed by atoms with van der Waals surface area (Å²) >= 11 is 1.38. The van der Waals surface area contributed by atoms with E-state index in [2.05, 4.69) is 27.4 Å². The molecule has 1 unspecified atom stereocenters. The van der Waals surface area contributed by atoms with Gasteiger partial charge in [-0.05, 0) is 67.9 Å². The predicted octanol–water partition coefficient (Wildman–Crippen LogP) is 3.81. The highest BCUT2D eigenvalue weighted by atomic mass is 32.1. The molecule has 1 saturated heterocycles. The molecular weight excluding hydrogens is 420 g/mol. The van der Waals surface area contributed by atoms with Crippen LogP contribution >= 0.6 is 11.3 Å². The summed E-state index contributed by atoms with van der Waals surface area (Å²) in [5.41, 5.74) is 2.05. The SMILES string of the molecule is CC1CCN(CCCNC(=O)C(Cc2c[nH]c3ccccc23)NC(=O)c2cccs2)CC1. The molecule has 32 heavy (non-hydrogen) atoms. The van der Waals surface area contributed by atoms with E-state index in [1.807, 2.05) is 41.9 Å². The Kier molecular flexibility index (Phi) is 7.60. The fourth-order valence-electron chi connectivity index (χ4n) is 4.29. The molecule has 2 aromatic heterocycles. The number of amides is 2. The van der Waals surface area contributed by atoms with Gasteiger partial charge in [0.15, 0.2) is 0 Å². The average Bonchev–Trinajstić information content (AvgIpc) is 3.48. The van der Waals surface area contributed by atoms with Gasteiger partial charge in [0, 0.05) is 30.1 Å². The number of likely N-dealkylation sites (tertiary alicyclic amines) is 1. The van der Waals surface area contributed by atoms with Crippen LogP contribution in [0.1, 0.15) is 41.4 Å². The van der Waals surface area contributed by atoms with Gasteiger partial charge in [0.05, 0.1) is 4.88 Å². The van der Waals surface area contributed by atoms with Crippen molar-refractivity contribution in [1.29, 1.82) is 0 Å². The van der Waals surface area contributed by atoms with Crippen LogP contribution in [0.25, 0.3) is 10.9 Å². The van der Waals surface area contributed by atoms with Gasteiger partial charge < -0.3 is 20.5 Å². The Morgan fingerprint density at radius 2 is 2.00 bits per heavy atom. The minimum absolute atomic E-state index is 0.132. The third-order valence-corrected chi connectivity index (χ3v) is 7.16. The second-order valence-electron chi connectivity index (χ2n) is 8.74. The lowest BCUT2D eigenvalue weighted by Crippen LogP contribution is -2.48. The first kappa shape index (κ1) is 22.6. The smallest absolute Gasteiger partial charge is 0.262 e. The van der Waals surface area contributed by atoms with Gasteiger partial charge in [0.2, 0.25) is 5.91 Å². The maximum absolute atomic E-state index is 13.1. The number of hydrogen-bond acceptors (Lipinski definition) is 4. The minimum Gasteiger partial charge on any atom is -0.361 e. The molecule has 7 heteroatoms. The number of piperidine rings is 1. The molecule has 0 bridgehead atoms. The summed E-state index contributed by atoms with van der Waals surface area (Å²) in [6.45, 7) is 6.23. The van der Waals surface area contributed by atoms with Crippen molar-refractivity contribution < 1.29 is 9.59 Å². The summed E-state index contributed by atoms with van der Waals surface area (Å²) < 4.78 is 0. The number of para-hydroxylation sites is 1. The number of thiophene rings is 1. The Morgan fingerprint density at radius 1 is 1.19 bits per heavy atom. The molecule has 0 aliphatic carbocycles. The molecule has 1 aliphatic heterocycles. The van der Waals surface area contributed by atoms with E-state index in [1.165, 1.54) is 24.2 Å². The number of hydrogen-bond donors (Lipinski definition) is 3. The van der Waals surface area contributed by atoms with Gasteiger partial charge >= 0.3 is 0 Å². The number of carbonyl (C=O) groups is 2. The van der Waals surface area contributed by atoms with Crippen LogP contribution in [0.4, 0.5) is 0 Å². The number of nitrogens with one attached hydrogen (secondary N) is 3. The van der Waals surface area contributed by atoms with Crippen molar-refractivity contribution in [2.75, 3.05) is 26.2 Å². The van der Waals surface area contributed by atoms with Crippen LogP contribution in [0.15, 0.2) is 48.0 Å². The monoisotopic (exact) mass is 452 g/mol. The highest BCUT2D eigenvalue weighted by molar-refractivity contribution is 7.12. The van der Waals surface area contributed by atoms with Crippen LogP contribution in [-0.4, -0.2) is 53.9 Å². The maximum atomic E-state index is 13.1. The molecule has 3 N–H and O–H groups in total. The Labute approximate surface area is 193 Å². The number of rotatable bonds is 9. The summed E-state index contributed by atoms with van der Waals surface area (Å²) in [5, 5.41) is 8.95. The zero-order valence-corrected chi connectivity index (χ0v) is 19.4. The third kappa shape index (κ3) is 5.78. The summed E-state index contributed by atoms with van der Waals surface area (Å²) in [6, 6.07) is 11.0. The molecule has 6 nitrogen and oxygen atoms in total. The van der Waals surface area contributed by atoms with Crippen LogP contribution in [-0.2, 0) is 11.2 Å². The molecule has 0 spiro atoms. The van der Waals surface area contributed by atoms with E-state index in [-0.39, 0.29) is 11.8 Å². The molecule has 0 saturated carbocycles. The number of aromatic nitrogens is 1. The number of H-pyrrole nitrogens is 1. The van der Waals surface area contributed by atoms with Crippen LogP contribution in [0.5, 0.6) is 0 Å². The van der Waals surface area contributed by atoms with Crippen molar-refractivity contribution in [1.82, 2.24) is 20.5 Å². The van der Waals surface area contributed by atoms with Gasteiger partial charge in [0.25, 0.3) is 5.91 Å². The number of carbonyl (C=O) groups excluding carboxylic acids is 2. The van der Waals surface area contributed by atoms with Crippen molar-refractivity contribution >= 4 is 34.1 Å². The molecule has 2 amide bonds. The summed E-state index contributed by atoms with van der Waals surface area (Å²) in [6.07, 6.45) is 5.80. The standard InChI is InChI=1S/C25H32N4O2S/c1-18-9-13-29(14-10-18)12-5-11-26-24(30)22(28-25(31)23-8-4-15-32-23)16-19-17-27-21-7-3-2-6-20(19)21/h2-4,6-8,15,17-18,22,27H,5,9-14,16H2,1H3,(H,26,30)(H,28,31). The van der Waals surface area contributed by atoms with Gasteiger partial charge in [-0.2, -0.15) is 0 Å². The van der Waals surface area contributed by atoms with E-state index in [9.17, 15) is 9.59 Å². The number of fused-ring (bicyclic) bond motifs is 1. The zero-order valence-electron chi connectivity index (χ0n) is 18.6. The molecule has 1 atom stereocenters. The van der Waals surface area contributed by atoms with Gasteiger partial charge in [-0.1, -0.05) is 31.2 Å². The Morgan fingerprint density at radius 3 is 2.78 bits per heavy atom. The van der Waals surface area contributed by atoms with Crippen molar-refractivity contribution in [3.63, 3.8) is 0 Å². The van der Waals surface area contributed by atoms with E-state index >= 15 is 0 Å². The summed E-state index contributed by atoms with van der Waals surface area (Å²) in [5.74, 6) is 0.484. The molecule has 170 valence electrons. The fourth-order valence-corrected chi connectivity index (χ4v) is 4.92. The van der Waals surface area contributed by atoms with E-state index < -0.39 is 6.04 Å². The highest BCUT2D eigenvalue weighted by Gasteiger charge is 2.23. The van der Waals surface area contributed by atoms with Crippen molar-refractivity contribution in [2.45, 2.75) is 38.6 Å². The lowest BCUT2D eigenvalue weighted by Gasteiger charge is -2.30. The minimum atomic E-state index is -0.625.